The molecule has 3 rings (SSSR count). The Kier molecular flexibility index (Phi) is 5.20. The summed E-state index contributed by atoms with van der Waals surface area (Å²) in [6, 6.07) is 12.7. The van der Waals surface area contributed by atoms with E-state index in [0.29, 0.717) is 17.9 Å². The van der Waals surface area contributed by atoms with E-state index in [9.17, 15) is 4.79 Å². The van der Waals surface area contributed by atoms with Crippen LogP contribution < -0.4 is 10.1 Å². The van der Waals surface area contributed by atoms with Gasteiger partial charge in [0.15, 0.2) is 0 Å². The molecular formula is C19H20N4O2. The van der Waals surface area contributed by atoms with Crippen molar-refractivity contribution >= 4 is 22.5 Å². The fourth-order valence-corrected chi connectivity index (χ4v) is 2.36. The first-order chi connectivity index (χ1) is 12.1. The fourth-order valence-electron chi connectivity index (χ4n) is 2.36. The number of carbonyl (C=O) groups is 1. The van der Waals surface area contributed by atoms with Crippen molar-refractivity contribution < 1.29 is 9.53 Å². The Bertz CT molecular complexity index is 857. The molecule has 3 aromatic rings. The van der Waals surface area contributed by atoms with E-state index in [1.807, 2.05) is 32.3 Å². The summed E-state index contributed by atoms with van der Waals surface area (Å²) in [7, 11) is 3.99. The summed E-state index contributed by atoms with van der Waals surface area (Å²) >= 11 is 0. The molecule has 0 saturated carbocycles. The van der Waals surface area contributed by atoms with Crippen molar-refractivity contribution in [3.63, 3.8) is 0 Å². The number of aromatic nitrogens is 2. The van der Waals surface area contributed by atoms with Gasteiger partial charge >= 0.3 is 0 Å². The van der Waals surface area contributed by atoms with E-state index in [-0.39, 0.29) is 5.91 Å². The summed E-state index contributed by atoms with van der Waals surface area (Å²) in [6.45, 7) is 1.44. The first kappa shape index (κ1) is 16.9. The van der Waals surface area contributed by atoms with Crippen molar-refractivity contribution in [2.75, 3.05) is 32.6 Å². The normalized spacial score (nSPS) is 10.8. The van der Waals surface area contributed by atoms with Gasteiger partial charge in [-0.25, -0.2) is 9.97 Å². The van der Waals surface area contributed by atoms with Crippen molar-refractivity contribution in [1.82, 2.24) is 14.9 Å². The second kappa shape index (κ2) is 7.72. The van der Waals surface area contributed by atoms with Crippen molar-refractivity contribution in [3.05, 3.63) is 60.6 Å². The molecule has 0 radical (unpaired) electrons. The zero-order valence-electron chi connectivity index (χ0n) is 14.3. The van der Waals surface area contributed by atoms with Crippen LogP contribution in [-0.2, 0) is 0 Å². The van der Waals surface area contributed by atoms with Crippen LogP contribution in [0, 0.1) is 0 Å². The number of nitrogens with zero attached hydrogens (tertiary/aromatic N) is 3. The highest BCUT2D eigenvalue weighted by molar-refractivity contribution is 6.08. The number of anilines is 1. The zero-order chi connectivity index (χ0) is 17.6. The number of rotatable bonds is 6. The van der Waals surface area contributed by atoms with E-state index in [2.05, 4.69) is 20.2 Å². The molecule has 128 valence electrons. The van der Waals surface area contributed by atoms with Gasteiger partial charge in [0, 0.05) is 23.7 Å². The molecule has 1 amide bonds. The minimum Gasteiger partial charge on any atom is -0.492 e. The smallest absolute Gasteiger partial charge is 0.255 e. The van der Waals surface area contributed by atoms with E-state index in [1.165, 1.54) is 6.33 Å². The average Bonchev–Trinajstić information content (AvgIpc) is 2.62. The molecule has 1 N–H and O–H groups in total. The molecule has 2 aromatic carbocycles. The molecule has 0 unspecified atom stereocenters. The van der Waals surface area contributed by atoms with Crippen LogP contribution in [0.3, 0.4) is 0 Å². The van der Waals surface area contributed by atoms with Crippen LogP contribution >= 0.6 is 0 Å². The van der Waals surface area contributed by atoms with E-state index in [4.69, 9.17) is 4.74 Å². The largest absolute Gasteiger partial charge is 0.492 e. The van der Waals surface area contributed by atoms with E-state index >= 15 is 0 Å². The van der Waals surface area contributed by atoms with Gasteiger partial charge in [-0.3, -0.25) is 4.79 Å². The maximum absolute atomic E-state index is 12.5. The monoisotopic (exact) mass is 336 g/mol. The van der Waals surface area contributed by atoms with Gasteiger partial charge in [-0.2, -0.15) is 0 Å². The van der Waals surface area contributed by atoms with Crippen LogP contribution in [-0.4, -0.2) is 48.0 Å². The highest BCUT2D eigenvalue weighted by Gasteiger charge is 2.09. The fraction of sp³-hybridized carbons (Fsp3) is 0.211. The molecule has 0 saturated heterocycles. The van der Waals surface area contributed by atoms with Gasteiger partial charge in [0.25, 0.3) is 5.91 Å². The molecule has 6 heteroatoms. The molecule has 0 fully saturated rings. The summed E-state index contributed by atoms with van der Waals surface area (Å²) in [6.07, 6.45) is 3.19. The van der Waals surface area contributed by atoms with Crippen LogP contribution in [0.4, 0.5) is 5.69 Å². The molecule has 0 aliphatic rings. The van der Waals surface area contributed by atoms with E-state index < -0.39 is 0 Å². The predicted octanol–water partition coefficient (Wildman–Crippen LogP) is 2.82. The second-order valence-corrected chi connectivity index (χ2v) is 5.90. The number of carbonyl (C=O) groups excluding carboxylic acids is 1. The molecule has 6 nitrogen and oxygen atoms in total. The van der Waals surface area contributed by atoms with Crippen LogP contribution in [0.2, 0.25) is 0 Å². The van der Waals surface area contributed by atoms with Gasteiger partial charge in [-0.1, -0.05) is 12.1 Å². The van der Waals surface area contributed by atoms with Crippen LogP contribution in [0.1, 0.15) is 10.4 Å². The van der Waals surface area contributed by atoms with E-state index in [0.717, 1.165) is 23.2 Å². The van der Waals surface area contributed by atoms with Crippen molar-refractivity contribution in [2.45, 2.75) is 0 Å². The minimum absolute atomic E-state index is 0.189. The van der Waals surface area contributed by atoms with Gasteiger partial charge in [0.1, 0.15) is 18.7 Å². The van der Waals surface area contributed by atoms with Gasteiger partial charge < -0.3 is 15.0 Å². The van der Waals surface area contributed by atoms with Gasteiger partial charge in [0.05, 0.1) is 11.2 Å². The number of likely N-dealkylation sites (N-methyl/N-ethyl adjacent to an activating group) is 1. The number of fused-ring (bicyclic) bond motifs is 1. The highest BCUT2D eigenvalue weighted by Crippen LogP contribution is 2.21. The number of benzene rings is 2. The third-order valence-corrected chi connectivity index (χ3v) is 3.71. The van der Waals surface area contributed by atoms with E-state index in [1.54, 1.807) is 30.5 Å². The molecular weight excluding hydrogens is 316 g/mol. The van der Waals surface area contributed by atoms with Gasteiger partial charge in [0.2, 0.25) is 0 Å². The number of amides is 1. The molecule has 0 aliphatic carbocycles. The molecule has 0 atom stereocenters. The van der Waals surface area contributed by atoms with Crippen molar-refractivity contribution in [1.29, 1.82) is 0 Å². The molecule has 0 aliphatic heterocycles. The number of para-hydroxylation sites is 1. The Labute approximate surface area is 146 Å². The standard InChI is InChI=1S/C19H20N4O2/c1-23(2)10-11-25-16-8-6-14(7-9-16)19(24)22-17-5-3-4-15-12-20-13-21-18(15)17/h3-9,12-13H,10-11H2,1-2H3,(H,22,24). The first-order valence-electron chi connectivity index (χ1n) is 8.01. The summed E-state index contributed by atoms with van der Waals surface area (Å²) in [5, 5.41) is 3.78. The zero-order valence-corrected chi connectivity index (χ0v) is 14.3. The quantitative estimate of drug-likeness (QED) is 0.750. The SMILES string of the molecule is CN(C)CCOc1ccc(C(=O)Nc2cccc3cncnc23)cc1. The Hall–Kier alpha value is -2.99. The summed E-state index contributed by atoms with van der Waals surface area (Å²) in [4.78, 5) is 22.8. The number of hydrogen-bond acceptors (Lipinski definition) is 5. The number of hydrogen-bond donors (Lipinski definition) is 1. The number of nitrogens with one attached hydrogen (secondary N) is 1. The minimum atomic E-state index is -0.189. The van der Waals surface area contributed by atoms with Crippen LogP contribution in [0.25, 0.3) is 10.9 Å². The summed E-state index contributed by atoms with van der Waals surface area (Å²) < 4.78 is 5.64. The maximum Gasteiger partial charge on any atom is 0.255 e. The molecule has 1 aromatic heterocycles. The lowest BCUT2D eigenvalue weighted by molar-refractivity contribution is 0.102. The summed E-state index contributed by atoms with van der Waals surface area (Å²) in [5.74, 6) is 0.558. The maximum atomic E-state index is 12.5. The predicted molar refractivity (Wildman–Crippen MR) is 98.0 cm³/mol. The molecule has 0 spiro atoms. The second-order valence-electron chi connectivity index (χ2n) is 5.90. The highest BCUT2D eigenvalue weighted by atomic mass is 16.5. The lowest BCUT2D eigenvalue weighted by Gasteiger charge is -2.11. The molecule has 25 heavy (non-hydrogen) atoms. The Morgan fingerprint density at radius 1 is 1.16 bits per heavy atom. The Morgan fingerprint density at radius 2 is 1.96 bits per heavy atom. The molecule has 0 bridgehead atoms. The van der Waals surface area contributed by atoms with Crippen molar-refractivity contribution in [3.8, 4) is 5.75 Å². The topological polar surface area (TPSA) is 67.3 Å². The lowest BCUT2D eigenvalue weighted by atomic mass is 10.1. The number of ether oxygens (including phenoxy) is 1. The van der Waals surface area contributed by atoms with Gasteiger partial charge in [-0.15, -0.1) is 0 Å². The van der Waals surface area contributed by atoms with Crippen LogP contribution in [0.15, 0.2) is 55.0 Å². The first-order valence-corrected chi connectivity index (χ1v) is 8.01. The Balaban J connectivity index is 1.68. The Morgan fingerprint density at radius 3 is 2.72 bits per heavy atom. The van der Waals surface area contributed by atoms with Gasteiger partial charge in [-0.05, 0) is 44.4 Å². The lowest BCUT2D eigenvalue weighted by Crippen LogP contribution is -2.19. The average molecular weight is 336 g/mol. The third-order valence-electron chi connectivity index (χ3n) is 3.71. The van der Waals surface area contributed by atoms with Crippen LogP contribution in [0.5, 0.6) is 5.75 Å². The molecule has 1 heterocycles. The summed E-state index contributed by atoms with van der Waals surface area (Å²) in [5.41, 5.74) is 1.94. The van der Waals surface area contributed by atoms with Crippen molar-refractivity contribution in [2.24, 2.45) is 0 Å². The third kappa shape index (κ3) is 4.30.